The summed E-state index contributed by atoms with van der Waals surface area (Å²) < 4.78 is 0. The standard InChI is InChI=1S/C12H17ClN2O/c13-11-8-10(4-7-14-11)15-12(9-16)5-2-1-3-6-12/h4,7-8,16H,1-3,5-6,9H2,(H,14,15). The van der Waals surface area contributed by atoms with Crippen molar-refractivity contribution in [2.45, 2.75) is 37.6 Å². The Morgan fingerprint density at radius 3 is 2.75 bits per heavy atom. The Kier molecular flexibility index (Phi) is 3.66. The zero-order valence-corrected chi connectivity index (χ0v) is 10.0. The van der Waals surface area contributed by atoms with Gasteiger partial charge in [-0.3, -0.25) is 0 Å². The first-order valence-electron chi connectivity index (χ1n) is 5.75. The fourth-order valence-corrected chi connectivity index (χ4v) is 2.51. The number of nitrogens with zero attached hydrogens (tertiary/aromatic N) is 1. The number of aliphatic hydroxyl groups is 1. The van der Waals surface area contributed by atoms with Gasteiger partial charge >= 0.3 is 0 Å². The van der Waals surface area contributed by atoms with Crippen LogP contribution in [0.4, 0.5) is 5.69 Å². The molecule has 0 aliphatic heterocycles. The van der Waals surface area contributed by atoms with Crippen LogP contribution in [0.2, 0.25) is 5.15 Å². The number of aromatic nitrogens is 1. The van der Waals surface area contributed by atoms with E-state index in [1.54, 1.807) is 12.3 Å². The second-order valence-electron chi connectivity index (χ2n) is 4.49. The summed E-state index contributed by atoms with van der Waals surface area (Å²) in [5.74, 6) is 0. The van der Waals surface area contributed by atoms with Crippen LogP contribution in [0, 0.1) is 0 Å². The van der Waals surface area contributed by atoms with Gasteiger partial charge in [-0.05, 0) is 25.0 Å². The van der Waals surface area contributed by atoms with Crippen LogP contribution in [0.25, 0.3) is 0 Å². The van der Waals surface area contributed by atoms with Gasteiger partial charge in [0.25, 0.3) is 0 Å². The summed E-state index contributed by atoms with van der Waals surface area (Å²) >= 11 is 5.84. The molecule has 16 heavy (non-hydrogen) atoms. The van der Waals surface area contributed by atoms with Crippen LogP contribution in [0.1, 0.15) is 32.1 Å². The first-order valence-corrected chi connectivity index (χ1v) is 6.12. The highest BCUT2D eigenvalue weighted by atomic mass is 35.5. The lowest BCUT2D eigenvalue weighted by Crippen LogP contribution is -2.43. The number of aliphatic hydroxyl groups excluding tert-OH is 1. The predicted molar refractivity (Wildman–Crippen MR) is 65.8 cm³/mol. The summed E-state index contributed by atoms with van der Waals surface area (Å²) in [6.07, 6.45) is 7.32. The molecule has 1 aliphatic rings. The summed E-state index contributed by atoms with van der Waals surface area (Å²) in [6, 6.07) is 3.69. The fraction of sp³-hybridized carbons (Fsp3) is 0.583. The van der Waals surface area contributed by atoms with E-state index in [4.69, 9.17) is 11.6 Å². The first kappa shape index (κ1) is 11.7. The summed E-state index contributed by atoms with van der Waals surface area (Å²) in [4.78, 5) is 3.94. The minimum Gasteiger partial charge on any atom is -0.394 e. The van der Waals surface area contributed by atoms with Crippen LogP contribution in [-0.4, -0.2) is 22.2 Å². The maximum Gasteiger partial charge on any atom is 0.131 e. The van der Waals surface area contributed by atoms with E-state index in [0.29, 0.717) is 5.15 Å². The summed E-state index contributed by atoms with van der Waals surface area (Å²) in [6.45, 7) is 0.174. The third-order valence-corrected chi connectivity index (χ3v) is 3.46. The molecule has 0 amide bonds. The van der Waals surface area contributed by atoms with Crippen molar-refractivity contribution in [3.63, 3.8) is 0 Å². The van der Waals surface area contributed by atoms with Crippen molar-refractivity contribution < 1.29 is 5.11 Å². The minimum absolute atomic E-state index is 0.164. The molecule has 88 valence electrons. The normalized spacial score (nSPS) is 19.4. The van der Waals surface area contributed by atoms with Crippen molar-refractivity contribution in [1.82, 2.24) is 4.98 Å². The Balaban J connectivity index is 2.11. The molecule has 1 fully saturated rings. The molecular formula is C12H17ClN2O. The van der Waals surface area contributed by atoms with Crippen LogP contribution < -0.4 is 5.32 Å². The van der Waals surface area contributed by atoms with Gasteiger partial charge in [-0.25, -0.2) is 4.98 Å². The van der Waals surface area contributed by atoms with E-state index in [1.165, 1.54) is 19.3 Å². The van der Waals surface area contributed by atoms with Gasteiger partial charge in [0.05, 0.1) is 12.1 Å². The fourth-order valence-electron chi connectivity index (χ4n) is 2.34. The molecule has 0 atom stereocenters. The Bertz CT molecular complexity index is 351. The van der Waals surface area contributed by atoms with Gasteiger partial charge in [0, 0.05) is 11.9 Å². The van der Waals surface area contributed by atoms with Crippen molar-refractivity contribution in [2.24, 2.45) is 0 Å². The quantitative estimate of drug-likeness (QED) is 0.799. The molecule has 0 radical (unpaired) electrons. The van der Waals surface area contributed by atoms with Gasteiger partial charge in [-0.15, -0.1) is 0 Å². The lowest BCUT2D eigenvalue weighted by Gasteiger charge is -2.37. The van der Waals surface area contributed by atoms with Crippen molar-refractivity contribution >= 4 is 17.3 Å². The van der Waals surface area contributed by atoms with E-state index in [1.807, 2.05) is 6.07 Å². The average Bonchev–Trinajstić information content (AvgIpc) is 2.30. The molecule has 0 aromatic carbocycles. The molecule has 1 aromatic heterocycles. The second kappa shape index (κ2) is 5.02. The van der Waals surface area contributed by atoms with Gasteiger partial charge in [0.2, 0.25) is 0 Å². The topological polar surface area (TPSA) is 45.1 Å². The molecule has 0 spiro atoms. The molecule has 2 rings (SSSR count). The highest BCUT2D eigenvalue weighted by molar-refractivity contribution is 6.29. The molecule has 0 saturated heterocycles. The number of hydrogen-bond donors (Lipinski definition) is 2. The molecule has 2 N–H and O–H groups in total. The van der Waals surface area contributed by atoms with Crippen LogP contribution in [-0.2, 0) is 0 Å². The van der Waals surface area contributed by atoms with E-state index in [9.17, 15) is 5.11 Å². The van der Waals surface area contributed by atoms with E-state index < -0.39 is 0 Å². The van der Waals surface area contributed by atoms with Crippen molar-refractivity contribution in [2.75, 3.05) is 11.9 Å². The molecule has 3 nitrogen and oxygen atoms in total. The lowest BCUT2D eigenvalue weighted by atomic mass is 9.82. The van der Waals surface area contributed by atoms with E-state index >= 15 is 0 Å². The van der Waals surface area contributed by atoms with Crippen LogP contribution in [0.3, 0.4) is 0 Å². The average molecular weight is 241 g/mol. The number of anilines is 1. The van der Waals surface area contributed by atoms with Crippen LogP contribution in [0.5, 0.6) is 0 Å². The van der Waals surface area contributed by atoms with Gasteiger partial charge in [-0.1, -0.05) is 30.9 Å². The summed E-state index contributed by atoms with van der Waals surface area (Å²) in [5, 5.41) is 13.5. The van der Waals surface area contributed by atoms with E-state index in [0.717, 1.165) is 18.5 Å². The number of pyridine rings is 1. The molecule has 0 bridgehead atoms. The van der Waals surface area contributed by atoms with Gasteiger partial charge < -0.3 is 10.4 Å². The number of halogens is 1. The highest BCUT2D eigenvalue weighted by Gasteiger charge is 2.30. The Labute approximate surface area is 101 Å². The zero-order valence-electron chi connectivity index (χ0n) is 9.25. The van der Waals surface area contributed by atoms with E-state index in [2.05, 4.69) is 10.3 Å². The van der Waals surface area contributed by atoms with Crippen molar-refractivity contribution in [3.05, 3.63) is 23.5 Å². The Hall–Kier alpha value is -0.800. The maximum atomic E-state index is 9.56. The summed E-state index contributed by atoms with van der Waals surface area (Å²) in [7, 11) is 0. The van der Waals surface area contributed by atoms with Crippen molar-refractivity contribution in [1.29, 1.82) is 0 Å². The second-order valence-corrected chi connectivity index (χ2v) is 4.88. The predicted octanol–water partition coefficient (Wildman–Crippen LogP) is 2.84. The number of rotatable bonds is 3. The zero-order chi connectivity index (χ0) is 11.4. The molecular weight excluding hydrogens is 224 g/mol. The largest absolute Gasteiger partial charge is 0.394 e. The van der Waals surface area contributed by atoms with Gasteiger partial charge in [-0.2, -0.15) is 0 Å². The molecule has 1 aromatic rings. The molecule has 1 heterocycles. The van der Waals surface area contributed by atoms with Crippen LogP contribution in [0.15, 0.2) is 18.3 Å². The van der Waals surface area contributed by atoms with E-state index in [-0.39, 0.29) is 12.1 Å². The minimum atomic E-state index is -0.164. The van der Waals surface area contributed by atoms with Crippen LogP contribution >= 0.6 is 11.6 Å². The SMILES string of the molecule is OCC1(Nc2ccnc(Cl)c2)CCCCC1. The molecule has 0 unspecified atom stereocenters. The van der Waals surface area contributed by atoms with Gasteiger partial charge in [0.1, 0.15) is 5.15 Å². The Morgan fingerprint density at radius 2 is 2.12 bits per heavy atom. The number of hydrogen-bond acceptors (Lipinski definition) is 3. The lowest BCUT2D eigenvalue weighted by molar-refractivity contribution is 0.173. The third kappa shape index (κ3) is 2.66. The molecule has 1 aliphatic carbocycles. The Morgan fingerprint density at radius 1 is 1.38 bits per heavy atom. The smallest absolute Gasteiger partial charge is 0.131 e. The number of nitrogens with one attached hydrogen (secondary N) is 1. The van der Waals surface area contributed by atoms with Gasteiger partial charge in [0.15, 0.2) is 0 Å². The maximum absolute atomic E-state index is 9.56. The van der Waals surface area contributed by atoms with Crippen molar-refractivity contribution in [3.8, 4) is 0 Å². The first-order chi connectivity index (χ1) is 7.74. The highest BCUT2D eigenvalue weighted by Crippen LogP contribution is 2.31. The third-order valence-electron chi connectivity index (χ3n) is 3.25. The summed E-state index contributed by atoms with van der Waals surface area (Å²) in [5.41, 5.74) is 0.777. The molecule has 4 heteroatoms. The molecule has 1 saturated carbocycles. The monoisotopic (exact) mass is 240 g/mol.